The molecular formula is C19H24N2O5. The van der Waals surface area contributed by atoms with E-state index in [9.17, 15) is 14.4 Å². The molecule has 1 aromatic carbocycles. The van der Waals surface area contributed by atoms with Gasteiger partial charge in [-0.3, -0.25) is 24.6 Å². The lowest BCUT2D eigenvalue weighted by molar-refractivity contribution is -0.155. The van der Waals surface area contributed by atoms with Crippen LogP contribution in [0, 0.1) is 11.8 Å². The molecule has 2 amide bonds. The summed E-state index contributed by atoms with van der Waals surface area (Å²) in [5.74, 6) is -1.79. The summed E-state index contributed by atoms with van der Waals surface area (Å²) in [7, 11) is 1.58. The first kappa shape index (κ1) is 18.4. The van der Waals surface area contributed by atoms with Crippen LogP contribution >= 0.6 is 0 Å². The molecule has 140 valence electrons. The van der Waals surface area contributed by atoms with Crippen molar-refractivity contribution in [3.63, 3.8) is 0 Å². The number of nitrogens with one attached hydrogen (secondary N) is 1. The van der Waals surface area contributed by atoms with Crippen molar-refractivity contribution >= 4 is 17.8 Å². The second kappa shape index (κ2) is 6.72. The molecule has 26 heavy (non-hydrogen) atoms. The number of esters is 1. The van der Waals surface area contributed by atoms with Crippen molar-refractivity contribution in [3.05, 3.63) is 29.8 Å². The molecular weight excluding hydrogens is 336 g/mol. The van der Waals surface area contributed by atoms with Gasteiger partial charge in [-0.2, -0.15) is 0 Å². The van der Waals surface area contributed by atoms with Crippen molar-refractivity contribution in [2.24, 2.45) is 11.8 Å². The van der Waals surface area contributed by atoms with E-state index >= 15 is 0 Å². The number of amides is 2. The second-order valence-electron chi connectivity index (χ2n) is 6.74. The minimum atomic E-state index is -1.25. The molecule has 1 aromatic rings. The lowest BCUT2D eigenvalue weighted by atomic mass is 9.80. The van der Waals surface area contributed by atoms with E-state index in [-0.39, 0.29) is 18.4 Å². The molecule has 7 heteroatoms. The molecule has 0 radical (unpaired) electrons. The number of fused-ring (bicyclic) bond motifs is 1. The van der Waals surface area contributed by atoms with Gasteiger partial charge in [-0.05, 0) is 38.5 Å². The zero-order valence-corrected chi connectivity index (χ0v) is 15.4. The van der Waals surface area contributed by atoms with Crippen LogP contribution in [-0.4, -0.2) is 48.5 Å². The monoisotopic (exact) mass is 360 g/mol. The van der Waals surface area contributed by atoms with Crippen molar-refractivity contribution in [1.29, 1.82) is 0 Å². The molecule has 2 aliphatic heterocycles. The van der Waals surface area contributed by atoms with Crippen LogP contribution < -0.4 is 10.1 Å². The molecule has 4 atom stereocenters. The maximum absolute atomic E-state index is 12.9. The number of hydrogen-bond acceptors (Lipinski definition) is 6. The van der Waals surface area contributed by atoms with E-state index in [1.165, 1.54) is 4.90 Å². The van der Waals surface area contributed by atoms with Gasteiger partial charge >= 0.3 is 5.97 Å². The first-order valence-electron chi connectivity index (χ1n) is 8.83. The summed E-state index contributed by atoms with van der Waals surface area (Å²) >= 11 is 0. The predicted molar refractivity (Wildman–Crippen MR) is 93.3 cm³/mol. The van der Waals surface area contributed by atoms with Gasteiger partial charge in [-0.1, -0.05) is 12.1 Å². The Labute approximate surface area is 152 Å². The molecule has 0 unspecified atom stereocenters. The number of hydrogen-bond donors (Lipinski definition) is 1. The Balaban J connectivity index is 2.04. The smallest absolute Gasteiger partial charge is 0.326 e. The van der Waals surface area contributed by atoms with E-state index in [2.05, 4.69) is 5.32 Å². The summed E-state index contributed by atoms with van der Waals surface area (Å²) in [6.45, 7) is 5.62. The minimum absolute atomic E-state index is 0.209. The Morgan fingerprint density at radius 1 is 1.19 bits per heavy atom. The van der Waals surface area contributed by atoms with Gasteiger partial charge in [0.25, 0.3) is 0 Å². The Morgan fingerprint density at radius 3 is 2.38 bits per heavy atom. The van der Waals surface area contributed by atoms with Crippen molar-refractivity contribution in [2.45, 2.75) is 32.4 Å². The number of benzene rings is 1. The predicted octanol–water partition coefficient (Wildman–Crippen LogP) is 1.28. The topological polar surface area (TPSA) is 84.9 Å². The Hall–Kier alpha value is -2.41. The molecule has 0 aromatic heterocycles. The lowest BCUT2D eigenvalue weighted by Gasteiger charge is -2.28. The van der Waals surface area contributed by atoms with E-state index in [0.717, 1.165) is 5.56 Å². The van der Waals surface area contributed by atoms with Crippen LogP contribution in [0.2, 0.25) is 0 Å². The van der Waals surface area contributed by atoms with Gasteiger partial charge in [0.15, 0.2) is 0 Å². The van der Waals surface area contributed by atoms with Crippen LogP contribution in [0.5, 0.6) is 5.75 Å². The van der Waals surface area contributed by atoms with Crippen LogP contribution in [-0.2, 0) is 19.1 Å². The number of nitrogens with zero attached hydrogens (tertiary/aromatic N) is 1. The Kier molecular flexibility index (Phi) is 4.75. The fraction of sp³-hybridized carbons (Fsp3) is 0.526. The number of rotatable bonds is 5. The first-order valence-corrected chi connectivity index (χ1v) is 8.83. The summed E-state index contributed by atoms with van der Waals surface area (Å²) in [6.07, 6.45) is 0. The second-order valence-corrected chi connectivity index (χ2v) is 6.74. The van der Waals surface area contributed by atoms with E-state index in [0.29, 0.717) is 12.3 Å². The van der Waals surface area contributed by atoms with E-state index < -0.39 is 29.4 Å². The molecule has 7 nitrogen and oxygen atoms in total. The maximum atomic E-state index is 12.9. The van der Waals surface area contributed by atoms with E-state index in [4.69, 9.17) is 9.47 Å². The van der Waals surface area contributed by atoms with E-state index in [1.54, 1.807) is 40.0 Å². The van der Waals surface area contributed by atoms with Crippen molar-refractivity contribution in [1.82, 2.24) is 10.2 Å². The van der Waals surface area contributed by atoms with Crippen LogP contribution in [0.3, 0.4) is 0 Å². The average Bonchev–Trinajstić information content (AvgIpc) is 3.09. The van der Waals surface area contributed by atoms with Gasteiger partial charge in [0.2, 0.25) is 11.8 Å². The lowest BCUT2D eigenvalue weighted by Crippen LogP contribution is -2.54. The molecule has 0 spiro atoms. The quantitative estimate of drug-likeness (QED) is 0.629. The Bertz CT molecular complexity index is 732. The fourth-order valence-corrected chi connectivity index (χ4v) is 4.08. The first-order chi connectivity index (χ1) is 12.4. The standard InChI is InChI=1S/C19H24N2O5/c1-5-21-16(22)13-14(17(21)23)19(3,18(24)26-6-2)20-15(13)11-7-9-12(25-4)10-8-11/h7-10,13-15,20H,5-6H2,1-4H3/t13-,14+,15-,19+/m0/s1. The van der Waals surface area contributed by atoms with Crippen LogP contribution in [0.4, 0.5) is 0 Å². The summed E-state index contributed by atoms with van der Waals surface area (Å²) in [5, 5.41) is 3.23. The summed E-state index contributed by atoms with van der Waals surface area (Å²) in [4.78, 5) is 39.6. The van der Waals surface area contributed by atoms with Gasteiger partial charge in [0, 0.05) is 12.6 Å². The van der Waals surface area contributed by atoms with Gasteiger partial charge < -0.3 is 9.47 Å². The third kappa shape index (κ3) is 2.58. The molecule has 2 heterocycles. The molecule has 0 aliphatic carbocycles. The van der Waals surface area contributed by atoms with Crippen molar-refractivity contribution in [2.75, 3.05) is 20.3 Å². The highest BCUT2D eigenvalue weighted by Gasteiger charge is 2.66. The third-order valence-corrected chi connectivity index (χ3v) is 5.37. The molecule has 2 fully saturated rings. The van der Waals surface area contributed by atoms with Gasteiger partial charge in [0.05, 0.1) is 25.6 Å². The summed E-state index contributed by atoms with van der Waals surface area (Å²) < 4.78 is 10.4. The van der Waals surface area contributed by atoms with Crippen LogP contribution in [0.15, 0.2) is 24.3 Å². The molecule has 2 aliphatic rings. The van der Waals surface area contributed by atoms with Crippen LogP contribution in [0.25, 0.3) is 0 Å². The zero-order valence-electron chi connectivity index (χ0n) is 15.4. The largest absolute Gasteiger partial charge is 0.497 e. The van der Waals surface area contributed by atoms with Crippen molar-refractivity contribution < 1.29 is 23.9 Å². The SMILES string of the molecule is CCOC(=O)[C@]1(C)N[C@@H](c2ccc(OC)cc2)[C@H]2C(=O)N(CC)C(=O)[C@@H]21. The molecule has 3 rings (SSSR count). The van der Waals surface area contributed by atoms with Gasteiger partial charge in [-0.15, -0.1) is 0 Å². The van der Waals surface area contributed by atoms with Gasteiger partial charge in [0.1, 0.15) is 11.3 Å². The summed E-state index contributed by atoms with van der Waals surface area (Å²) in [6, 6.07) is 6.83. The number of carbonyl (C=O) groups is 3. The molecule has 0 bridgehead atoms. The molecule has 0 saturated carbocycles. The highest BCUT2D eigenvalue weighted by Crippen LogP contribution is 2.49. The van der Waals surface area contributed by atoms with Crippen molar-refractivity contribution in [3.8, 4) is 5.75 Å². The normalized spacial score (nSPS) is 30.5. The van der Waals surface area contributed by atoms with Crippen LogP contribution in [0.1, 0.15) is 32.4 Å². The third-order valence-electron chi connectivity index (χ3n) is 5.37. The Morgan fingerprint density at radius 2 is 1.85 bits per heavy atom. The van der Waals surface area contributed by atoms with E-state index in [1.807, 2.05) is 12.1 Å². The fourth-order valence-electron chi connectivity index (χ4n) is 4.08. The average molecular weight is 360 g/mol. The number of methoxy groups -OCH3 is 1. The molecule has 1 N–H and O–H groups in total. The highest BCUT2D eigenvalue weighted by molar-refractivity contribution is 6.09. The minimum Gasteiger partial charge on any atom is -0.497 e. The number of carbonyl (C=O) groups excluding carboxylic acids is 3. The number of ether oxygens (including phenoxy) is 2. The highest BCUT2D eigenvalue weighted by atomic mass is 16.5. The maximum Gasteiger partial charge on any atom is 0.326 e. The number of likely N-dealkylation sites (tertiary alicyclic amines) is 1. The van der Waals surface area contributed by atoms with Gasteiger partial charge in [-0.25, -0.2) is 0 Å². The molecule has 2 saturated heterocycles. The number of imide groups is 1. The summed E-state index contributed by atoms with van der Waals surface area (Å²) in [5.41, 5.74) is -0.421. The zero-order chi connectivity index (χ0) is 19.1.